The standard InChI is InChI=1S/C18H22Cl2N4O2S2/c1-10(14-6-5-12(19)8-15(14)20)22-16(25)11(2)27-18-24-23-17(28-18)21-9-13-4-3-7-26-13/h5-6,8,10-11,13H,3-4,7,9H2,1-2H3,(H,21,23)(H,22,25)/t10-,11-,13+/m0/s1. The lowest BCUT2D eigenvalue weighted by Gasteiger charge is -2.18. The predicted octanol–water partition coefficient (Wildman–Crippen LogP) is 4.79. The van der Waals surface area contributed by atoms with E-state index in [1.54, 1.807) is 12.1 Å². The van der Waals surface area contributed by atoms with Crippen LogP contribution in [0, 0.1) is 0 Å². The highest BCUT2D eigenvalue weighted by atomic mass is 35.5. The molecular formula is C18H22Cl2N4O2S2. The average Bonchev–Trinajstić information content (AvgIpc) is 3.31. The van der Waals surface area contributed by atoms with E-state index < -0.39 is 0 Å². The van der Waals surface area contributed by atoms with Gasteiger partial charge in [0, 0.05) is 23.2 Å². The molecule has 2 N–H and O–H groups in total. The molecule has 10 heteroatoms. The molecule has 6 nitrogen and oxygen atoms in total. The fraction of sp³-hybridized carbons (Fsp3) is 0.500. The number of nitrogens with zero attached hydrogens (tertiary/aromatic N) is 2. The van der Waals surface area contributed by atoms with Gasteiger partial charge in [0.25, 0.3) is 0 Å². The molecule has 0 saturated carbocycles. The number of hydrogen-bond donors (Lipinski definition) is 2. The van der Waals surface area contributed by atoms with Crippen LogP contribution in [0.15, 0.2) is 22.5 Å². The molecule has 1 fully saturated rings. The van der Waals surface area contributed by atoms with Crippen molar-refractivity contribution in [2.24, 2.45) is 0 Å². The quantitative estimate of drug-likeness (QED) is 0.551. The SMILES string of the molecule is C[C@H](Sc1nnc(NC[C@H]2CCCO2)s1)C(=O)N[C@@H](C)c1ccc(Cl)cc1Cl. The van der Waals surface area contributed by atoms with E-state index in [0.29, 0.717) is 10.0 Å². The monoisotopic (exact) mass is 460 g/mol. The molecule has 1 aromatic carbocycles. The molecule has 0 radical (unpaired) electrons. The second-order valence-electron chi connectivity index (χ2n) is 6.55. The first kappa shape index (κ1) is 21.6. The van der Waals surface area contributed by atoms with Crippen molar-refractivity contribution in [2.45, 2.75) is 48.4 Å². The number of carbonyl (C=O) groups is 1. The van der Waals surface area contributed by atoms with E-state index in [2.05, 4.69) is 20.8 Å². The lowest BCUT2D eigenvalue weighted by atomic mass is 10.1. The molecule has 0 bridgehead atoms. The molecule has 1 aliphatic heterocycles. The molecular weight excluding hydrogens is 439 g/mol. The van der Waals surface area contributed by atoms with Crippen molar-refractivity contribution in [3.05, 3.63) is 33.8 Å². The highest BCUT2D eigenvalue weighted by Crippen LogP contribution is 2.30. The van der Waals surface area contributed by atoms with Gasteiger partial charge >= 0.3 is 0 Å². The summed E-state index contributed by atoms with van der Waals surface area (Å²) in [5.74, 6) is -0.0902. The summed E-state index contributed by atoms with van der Waals surface area (Å²) in [5.41, 5.74) is 0.827. The summed E-state index contributed by atoms with van der Waals surface area (Å²) in [6.07, 6.45) is 2.42. The van der Waals surface area contributed by atoms with Crippen LogP contribution in [0.2, 0.25) is 10.0 Å². The van der Waals surface area contributed by atoms with E-state index in [-0.39, 0.29) is 23.3 Å². The number of benzene rings is 1. The summed E-state index contributed by atoms with van der Waals surface area (Å²) in [6.45, 7) is 5.30. The van der Waals surface area contributed by atoms with Crippen LogP contribution in [-0.4, -0.2) is 40.6 Å². The van der Waals surface area contributed by atoms with Gasteiger partial charge in [-0.2, -0.15) is 0 Å². The number of aromatic nitrogens is 2. The van der Waals surface area contributed by atoms with Crippen LogP contribution >= 0.6 is 46.3 Å². The summed E-state index contributed by atoms with van der Waals surface area (Å²) in [5, 5.41) is 16.1. The maximum atomic E-state index is 12.5. The van der Waals surface area contributed by atoms with E-state index in [1.165, 1.54) is 23.1 Å². The van der Waals surface area contributed by atoms with Gasteiger partial charge < -0.3 is 15.4 Å². The van der Waals surface area contributed by atoms with Crippen molar-refractivity contribution < 1.29 is 9.53 Å². The second kappa shape index (κ2) is 10.1. The Labute approximate surface area is 182 Å². The van der Waals surface area contributed by atoms with Crippen LogP contribution in [0.3, 0.4) is 0 Å². The number of anilines is 1. The van der Waals surface area contributed by atoms with E-state index in [4.69, 9.17) is 27.9 Å². The summed E-state index contributed by atoms with van der Waals surface area (Å²) in [4.78, 5) is 12.5. The number of amides is 1. The molecule has 2 aromatic rings. The van der Waals surface area contributed by atoms with Crippen LogP contribution in [0.4, 0.5) is 5.13 Å². The normalized spacial score (nSPS) is 18.6. The van der Waals surface area contributed by atoms with Crippen molar-refractivity contribution in [1.82, 2.24) is 15.5 Å². The molecule has 0 aliphatic carbocycles. The lowest BCUT2D eigenvalue weighted by Crippen LogP contribution is -2.33. The van der Waals surface area contributed by atoms with Crippen LogP contribution in [-0.2, 0) is 9.53 Å². The minimum atomic E-state index is -0.313. The van der Waals surface area contributed by atoms with Gasteiger partial charge in [-0.05, 0) is 44.4 Å². The van der Waals surface area contributed by atoms with Crippen molar-refractivity contribution in [3.8, 4) is 0 Å². The minimum Gasteiger partial charge on any atom is -0.376 e. The van der Waals surface area contributed by atoms with E-state index in [1.807, 2.05) is 19.9 Å². The topological polar surface area (TPSA) is 76.1 Å². The highest BCUT2D eigenvalue weighted by molar-refractivity contribution is 8.02. The number of hydrogen-bond acceptors (Lipinski definition) is 7. The fourth-order valence-electron chi connectivity index (χ4n) is 2.80. The number of halogens is 2. The number of thioether (sulfide) groups is 1. The molecule has 1 aromatic heterocycles. The lowest BCUT2D eigenvalue weighted by molar-refractivity contribution is -0.120. The summed E-state index contributed by atoms with van der Waals surface area (Å²) >= 11 is 15.0. The van der Waals surface area contributed by atoms with Crippen LogP contribution in [0.25, 0.3) is 0 Å². The van der Waals surface area contributed by atoms with Gasteiger partial charge in [0.1, 0.15) is 0 Å². The van der Waals surface area contributed by atoms with Crippen molar-refractivity contribution in [2.75, 3.05) is 18.5 Å². The van der Waals surface area contributed by atoms with Gasteiger partial charge in [0.15, 0.2) is 4.34 Å². The Hall–Kier alpha value is -1.06. The van der Waals surface area contributed by atoms with Gasteiger partial charge in [-0.25, -0.2) is 0 Å². The fourth-order valence-corrected chi connectivity index (χ4v) is 5.29. The first-order valence-corrected chi connectivity index (χ1v) is 11.5. The molecule has 1 aliphatic rings. The van der Waals surface area contributed by atoms with Crippen molar-refractivity contribution in [1.29, 1.82) is 0 Å². The maximum absolute atomic E-state index is 12.5. The number of nitrogens with one attached hydrogen (secondary N) is 2. The molecule has 3 rings (SSSR count). The Morgan fingerprint density at radius 1 is 1.39 bits per heavy atom. The highest BCUT2D eigenvalue weighted by Gasteiger charge is 2.21. The van der Waals surface area contributed by atoms with E-state index in [9.17, 15) is 4.79 Å². The summed E-state index contributed by atoms with van der Waals surface area (Å²) < 4.78 is 6.33. The molecule has 0 unspecified atom stereocenters. The van der Waals surface area contributed by atoms with E-state index in [0.717, 1.165) is 41.0 Å². The smallest absolute Gasteiger partial charge is 0.233 e. The molecule has 2 heterocycles. The Balaban J connectivity index is 1.49. The molecule has 1 saturated heterocycles. The summed E-state index contributed by atoms with van der Waals surface area (Å²) in [7, 11) is 0. The third-order valence-corrected chi connectivity index (χ3v) is 6.97. The number of ether oxygens (including phenoxy) is 1. The van der Waals surface area contributed by atoms with Gasteiger partial charge in [-0.3, -0.25) is 4.79 Å². The first-order chi connectivity index (χ1) is 13.4. The zero-order chi connectivity index (χ0) is 20.1. The maximum Gasteiger partial charge on any atom is 0.233 e. The van der Waals surface area contributed by atoms with Crippen molar-refractivity contribution in [3.63, 3.8) is 0 Å². The minimum absolute atomic E-state index is 0.0902. The molecule has 3 atom stereocenters. The Kier molecular flexibility index (Phi) is 7.82. The third kappa shape index (κ3) is 5.97. The van der Waals surface area contributed by atoms with Gasteiger partial charge in [0.05, 0.1) is 17.4 Å². The average molecular weight is 461 g/mol. The molecule has 28 heavy (non-hydrogen) atoms. The van der Waals surface area contributed by atoms with Crippen molar-refractivity contribution >= 4 is 57.3 Å². The molecule has 0 spiro atoms. The third-order valence-electron chi connectivity index (χ3n) is 4.35. The zero-order valence-corrected chi connectivity index (χ0v) is 18.7. The predicted molar refractivity (Wildman–Crippen MR) is 116 cm³/mol. The van der Waals surface area contributed by atoms with Gasteiger partial charge in [-0.15, -0.1) is 10.2 Å². The zero-order valence-electron chi connectivity index (χ0n) is 15.6. The van der Waals surface area contributed by atoms with Crippen LogP contribution < -0.4 is 10.6 Å². The van der Waals surface area contributed by atoms with Gasteiger partial charge in [-0.1, -0.05) is 52.4 Å². The summed E-state index contributed by atoms with van der Waals surface area (Å²) in [6, 6.07) is 5.03. The first-order valence-electron chi connectivity index (χ1n) is 9.03. The number of rotatable bonds is 8. The molecule has 152 valence electrons. The van der Waals surface area contributed by atoms with Crippen LogP contribution in [0.1, 0.15) is 38.3 Å². The Bertz CT molecular complexity index is 815. The van der Waals surface area contributed by atoms with Crippen LogP contribution in [0.5, 0.6) is 0 Å². The van der Waals surface area contributed by atoms with E-state index >= 15 is 0 Å². The molecule has 1 amide bonds. The number of carbonyl (C=O) groups excluding carboxylic acids is 1. The second-order valence-corrected chi connectivity index (χ2v) is 9.95. The largest absolute Gasteiger partial charge is 0.376 e. The Morgan fingerprint density at radius 2 is 2.21 bits per heavy atom. The van der Waals surface area contributed by atoms with Gasteiger partial charge in [0.2, 0.25) is 11.0 Å². The Morgan fingerprint density at radius 3 is 2.93 bits per heavy atom.